The predicted octanol–water partition coefficient (Wildman–Crippen LogP) is 10.9. The highest BCUT2D eigenvalue weighted by atomic mass is 35.5. The number of hydrogen-bond donors (Lipinski definition) is 0. The molecule has 0 aliphatic rings. The van der Waals surface area contributed by atoms with Crippen molar-refractivity contribution in [3.8, 4) is 0 Å². The van der Waals surface area contributed by atoms with Gasteiger partial charge in [-0.25, -0.2) is 9.97 Å². The zero-order valence-corrected chi connectivity index (χ0v) is 28.1. The zero-order valence-electron chi connectivity index (χ0n) is 25.0. The van der Waals surface area contributed by atoms with Gasteiger partial charge >= 0.3 is 0 Å². The van der Waals surface area contributed by atoms with E-state index in [1.54, 1.807) is 20.9 Å². The lowest BCUT2D eigenvalue weighted by molar-refractivity contribution is 1.19. The predicted molar refractivity (Wildman–Crippen MR) is 201 cm³/mol. The molecule has 0 spiro atoms. The van der Waals surface area contributed by atoms with Gasteiger partial charge in [0.05, 0.1) is 32.8 Å². The summed E-state index contributed by atoms with van der Waals surface area (Å²) in [7, 11) is 0. The van der Waals surface area contributed by atoms with Crippen molar-refractivity contribution in [3.05, 3.63) is 114 Å². The summed E-state index contributed by atoms with van der Waals surface area (Å²) in [5, 5.41) is 8.94. The molecule has 10 heteroatoms. The monoisotopic (exact) mass is 702 g/mol. The summed E-state index contributed by atoms with van der Waals surface area (Å²) in [5.74, 6) is 0. The van der Waals surface area contributed by atoms with E-state index in [9.17, 15) is 9.59 Å². The van der Waals surface area contributed by atoms with Gasteiger partial charge in [-0.1, -0.05) is 84.5 Å². The van der Waals surface area contributed by atoms with Crippen molar-refractivity contribution in [3.63, 3.8) is 0 Å². The number of fused-ring (bicyclic) bond motifs is 10. The Balaban J connectivity index is 0.00000145. The van der Waals surface area contributed by atoms with Crippen LogP contribution in [0, 0.1) is 0 Å². The SMILES string of the molecule is CC.O=c1c2cc(Cl)c3c4c(Cl)cc5c(=O)n6c7ccccc7nc6c6cc(Cl)c(c7c(Cl)cc(c2c37)c2nc3ccccc3n12)c4c56. The number of para-hydroxylation sites is 4. The van der Waals surface area contributed by atoms with Crippen molar-refractivity contribution in [2.24, 2.45) is 0 Å². The molecule has 0 unspecified atom stereocenters. The number of benzene rings is 7. The largest absolute Gasteiger partial charge is 0.268 e. The summed E-state index contributed by atoms with van der Waals surface area (Å²) in [6, 6.07) is 22.1. The molecule has 6 nitrogen and oxygen atoms in total. The highest BCUT2D eigenvalue weighted by molar-refractivity contribution is 6.56. The maximum atomic E-state index is 14.2. The Morgan fingerprint density at radius 2 is 0.792 bits per heavy atom. The molecule has 0 fully saturated rings. The van der Waals surface area contributed by atoms with E-state index in [0.717, 1.165) is 0 Å². The molecular formula is C38H18Cl4N4O2. The van der Waals surface area contributed by atoms with E-state index in [0.29, 0.717) is 118 Å². The molecule has 4 heterocycles. The van der Waals surface area contributed by atoms with Gasteiger partial charge in [-0.15, -0.1) is 0 Å². The van der Waals surface area contributed by atoms with E-state index >= 15 is 0 Å². The van der Waals surface area contributed by atoms with Gasteiger partial charge in [-0.05, 0) is 48.5 Å². The van der Waals surface area contributed by atoms with Crippen molar-refractivity contribution >= 4 is 144 Å². The standard InChI is InChI=1S/C36H12Cl4N4O2.C2H6/c37-17-9-13-25-15(35(45)43-23-7-3-1-5-21(23)41-33(13)43)11-19(39)29-30-20(40)12-16-26-14(10-18(38)28(32(26)30)27(17)31(25)29)34-42-22-6-2-4-8-24(22)44(34)36(16)46;1-2/h1-12H;1-2H3. The molecule has 7 aromatic carbocycles. The lowest BCUT2D eigenvalue weighted by Crippen LogP contribution is -2.14. The Bertz CT molecular complexity index is 3110. The van der Waals surface area contributed by atoms with Gasteiger partial charge in [0, 0.05) is 74.0 Å². The van der Waals surface area contributed by atoms with Crippen LogP contribution in [0.1, 0.15) is 13.8 Å². The third-order valence-corrected chi connectivity index (χ3v) is 10.8. The van der Waals surface area contributed by atoms with E-state index in [1.165, 1.54) is 0 Å². The molecule has 0 radical (unpaired) electrons. The van der Waals surface area contributed by atoms with Crippen LogP contribution in [0.15, 0.2) is 82.4 Å². The van der Waals surface area contributed by atoms with Crippen LogP contribution in [0.25, 0.3) is 98.0 Å². The maximum absolute atomic E-state index is 14.2. The molecule has 11 rings (SSSR count). The normalized spacial score (nSPS) is 12.5. The summed E-state index contributed by atoms with van der Waals surface area (Å²) >= 11 is 28.8. The fourth-order valence-electron chi connectivity index (χ4n) is 7.87. The number of aromatic nitrogens is 4. The number of pyridine rings is 2. The minimum Gasteiger partial charge on any atom is -0.268 e. The maximum Gasteiger partial charge on any atom is 0.264 e. The second kappa shape index (κ2) is 9.46. The molecule has 0 aliphatic heterocycles. The number of imidazole rings is 2. The summed E-state index contributed by atoms with van der Waals surface area (Å²) in [6.45, 7) is 4.00. The van der Waals surface area contributed by atoms with Crippen molar-refractivity contribution in [1.82, 2.24) is 18.8 Å². The van der Waals surface area contributed by atoms with Crippen LogP contribution in [0.4, 0.5) is 0 Å². The number of halogens is 4. The molecule has 0 atom stereocenters. The Morgan fingerprint density at radius 3 is 1.17 bits per heavy atom. The quantitative estimate of drug-likeness (QED) is 0.116. The topological polar surface area (TPSA) is 68.7 Å². The smallest absolute Gasteiger partial charge is 0.264 e. The molecule has 0 aliphatic carbocycles. The Kier molecular flexibility index (Phi) is 5.58. The minimum absolute atomic E-state index is 0.240. The number of hydrogen-bond acceptors (Lipinski definition) is 4. The first-order chi connectivity index (χ1) is 23.3. The Hall–Kier alpha value is -4.72. The molecule has 0 saturated heterocycles. The second-order valence-electron chi connectivity index (χ2n) is 11.8. The van der Waals surface area contributed by atoms with Crippen LogP contribution >= 0.6 is 46.4 Å². The summed E-state index contributed by atoms with van der Waals surface area (Å²) in [5.41, 5.74) is 3.29. The van der Waals surface area contributed by atoms with E-state index in [-0.39, 0.29) is 11.1 Å². The average molecular weight is 704 g/mol. The number of rotatable bonds is 0. The van der Waals surface area contributed by atoms with Crippen molar-refractivity contribution < 1.29 is 0 Å². The van der Waals surface area contributed by atoms with E-state index in [1.807, 2.05) is 74.5 Å². The van der Waals surface area contributed by atoms with E-state index in [4.69, 9.17) is 56.4 Å². The van der Waals surface area contributed by atoms with Crippen molar-refractivity contribution in [2.75, 3.05) is 0 Å². The van der Waals surface area contributed by atoms with E-state index < -0.39 is 0 Å². The van der Waals surface area contributed by atoms with E-state index in [2.05, 4.69) is 0 Å². The molecule has 0 amide bonds. The summed E-state index contributed by atoms with van der Waals surface area (Å²) in [6.07, 6.45) is 0. The third-order valence-electron chi connectivity index (χ3n) is 9.59. The minimum atomic E-state index is -0.240. The molecule has 0 saturated carbocycles. The average Bonchev–Trinajstić information content (AvgIpc) is 3.68. The Morgan fingerprint density at radius 1 is 0.458 bits per heavy atom. The fraction of sp³-hybridized carbons (Fsp3) is 0.0526. The molecule has 11 aromatic rings. The molecule has 4 aromatic heterocycles. The zero-order chi connectivity index (χ0) is 32.9. The van der Waals surface area contributed by atoms with Gasteiger partial charge in [0.2, 0.25) is 0 Å². The molecular weight excluding hydrogens is 686 g/mol. The first-order valence-electron chi connectivity index (χ1n) is 15.4. The van der Waals surface area contributed by atoms with Crippen LogP contribution in [0.5, 0.6) is 0 Å². The van der Waals surface area contributed by atoms with Crippen molar-refractivity contribution in [2.45, 2.75) is 13.8 Å². The molecule has 48 heavy (non-hydrogen) atoms. The van der Waals surface area contributed by atoms with Crippen LogP contribution in [0.3, 0.4) is 0 Å². The molecule has 230 valence electrons. The van der Waals surface area contributed by atoms with Crippen LogP contribution in [-0.2, 0) is 0 Å². The van der Waals surface area contributed by atoms with Crippen molar-refractivity contribution in [1.29, 1.82) is 0 Å². The third kappa shape index (κ3) is 3.17. The lowest BCUT2D eigenvalue weighted by Gasteiger charge is -2.21. The highest BCUT2D eigenvalue weighted by Gasteiger charge is 2.29. The van der Waals surface area contributed by atoms with Gasteiger partial charge in [-0.3, -0.25) is 18.4 Å². The fourth-order valence-corrected chi connectivity index (χ4v) is 9.07. The van der Waals surface area contributed by atoms with Gasteiger partial charge < -0.3 is 0 Å². The lowest BCUT2D eigenvalue weighted by atomic mass is 9.86. The first kappa shape index (κ1) is 28.3. The highest BCUT2D eigenvalue weighted by Crippen LogP contribution is 2.53. The van der Waals surface area contributed by atoms with Gasteiger partial charge in [0.1, 0.15) is 11.3 Å². The summed E-state index contributed by atoms with van der Waals surface area (Å²) in [4.78, 5) is 38.1. The summed E-state index contributed by atoms with van der Waals surface area (Å²) < 4.78 is 3.22. The van der Waals surface area contributed by atoms with Gasteiger partial charge in [-0.2, -0.15) is 0 Å². The molecule has 0 bridgehead atoms. The van der Waals surface area contributed by atoms with Gasteiger partial charge in [0.25, 0.3) is 11.1 Å². The second-order valence-corrected chi connectivity index (χ2v) is 13.4. The first-order valence-corrected chi connectivity index (χ1v) is 16.9. The van der Waals surface area contributed by atoms with Crippen LogP contribution in [0.2, 0.25) is 20.1 Å². The van der Waals surface area contributed by atoms with Crippen LogP contribution in [-0.4, -0.2) is 18.8 Å². The molecule has 0 N–H and O–H groups in total. The van der Waals surface area contributed by atoms with Crippen LogP contribution < -0.4 is 11.1 Å². The number of nitrogens with zero attached hydrogens (tertiary/aromatic N) is 4. The Labute approximate surface area is 289 Å². The van der Waals surface area contributed by atoms with Gasteiger partial charge in [0.15, 0.2) is 0 Å².